The van der Waals surface area contributed by atoms with E-state index >= 15 is 0 Å². The Kier molecular flexibility index (Phi) is 3.36. The van der Waals surface area contributed by atoms with Crippen LogP contribution < -0.4 is 0 Å². The van der Waals surface area contributed by atoms with Crippen LogP contribution in [-0.4, -0.2) is 50.6 Å². The number of carbonyl (C=O) groups is 1. The molecule has 25 heavy (non-hydrogen) atoms. The van der Waals surface area contributed by atoms with Crippen molar-refractivity contribution >= 4 is 5.78 Å². The fraction of sp³-hybridized carbons (Fsp3) is 0.750. The smallest absolute Gasteiger partial charge is 0.153 e. The van der Waals surface area contributed by atoms with Crippen molar-refractivity contribution in [1.82, 2.24) is 0 Å². The van der Waals surface area contributed by atoms with Crippen molar-refractivity contribution in [1.29, 1.82) is 0 Å². The summed E-state index contributed by atoms with van der Waals surface area (Å²) >= 11 is 0. The summed E-state index contributed by atoms with van der Waals surface area (Å²) in [4.78, 5) is 13.7. The minimum Gasteiger partial charge on any atom is -0.392 e. The average Bonchev–Trinajstić information content (AvgIpc) is 3.05. The van der Waals surface area contributed by atoms with Crippen molar-refractivity contribution in [2.45, 2.75) is 51.9 Å². The first-order valence-corrected chi connectivity index (χ1v) is 9.18. The second-order valence-corrected chi connectivity index (χ2v) is 9.27. The summed E-state index contributed by atoms with van der Waals surface area (Å²) in [5, 5.41) is 43.0. The highest BCUT2D eigenvalue weighted by atomic mass is 18.2. The van der Waals surface area contributed by atoms with Crippen LogP contribution in [0.25, 0.3) is 0 Å². The van der Waals surface area contributed by atoms with Gasteiger partial charge in [-0.25, -0.2) is 0 Å². The maximum Gasteiger partial charge on any atom is 0.153 e. The van der Waals surface area contributed by atoms with Crippen LogP contribution in [0.15, 0.2) is 23.3 Å². The number of allylic oxidation sites excluding steroid dienone is 1. The molecule has 0 amide bonds. The first kappa shape index (κ1) is 17.4. The SMILES string of the molecule is CC1=C[C@]23C(=O)[C@@H](C=C(C[18OH])[C@@H](O)[C@]2(O)[C@H]1O)[C@H]1[C@@H](C[C@H]3C)C1(C)C. The van der Waals surface area contributed by atoms with E-state index in [1.165, 1.54) is 0 Å². The molecule has 4 rings (SSSR count). The predicted molar refractivity (Wildman–Crippen MR) is 91.4 cm³/mol. The van der Waals surface area contributed by atoms with E-state index in [0.717, 1.165) is 6.42 Å². The van der Waals surface area contributed by atoms with Gasteiger partial charge in [0, 0.05) is 5.92 Å². The summed E-state index contributed by atoms with van der Waals surface area (Å²) in [6.07, 6.45) is 1.34. The molecule has 4 aliphatic carbocycles. The standard InChI is InChI=1S/C20H28O5/c1-9-7-19-10(2)5-13-14(18(13,3)4)12(17(19)24)6-11(8-21)16(23)20(19,25)15(9)22/h6-7,10,12-16,21-23,25H,5,8H2,1-4H3/t10-,12+,13-,14+,15+,16-,19+,20-/m1/s1/i21+2. The second-order valence-electron chi connectivity index (χ2n) is 9.27. The second kappa shape index (κ2) is 4.83. The van der Waals surface area contributed by atoms with Gasteiger partial charge in [-0.05, 0) is 47.7 Å². The number of aliphatic hydroxyl groups is 4. The van der Waals surface area contributed by atoms with Crippen molar-refractivity contribution in [3.63, 3.8) is 0 Å². The first-order chi connectivity index (χ1) is 11.5. The molecule has 0 aromatic heterocycles. The van der Waals surface area contributed by atoms with Crippen LogP contribution in [0.3, 0.4) is 0 Å². The number of carbonyl (C=O) groups excluding carboxylic acids is 1. The third kappa shape index (κ3) is 1.71. The molecule has 1 spiro atoms. The van der Waals surface area contributed by atoms with Gasteiger partial charge in [-0.15, -0.1) is 0 Å². The molecule has 0 unspecified atom stereocenters. The fourth-order valence-corrected chi connectivity index (χ4v) is 6.43. The van der Waals surface area contributed by atoms with E-state index in [2.05, 4.69) is 13.8 Å². The molecule has 0 radical (unpaired) electrons. The Bertz CT molecular complexity index is 707. The average molecular weight is 350 g/mol. The number of rotatable bonds is 1. The van der Waals surface area contributed by atoms with Crippen molar-refractivity contribution < 1.29 is 25.2 Å². The van der Waals surface area contributed by atoms with Crippen LogP contribution in [0.2, 0.25) is 0 Å². The van der Waals surface area contributed by atoms with Gasteiger partial charge >= 0.3 is 0 Å². The predicted octanol–water partition coefficient (Wildman–Crippen LogP) is 0.815. The van der Waals surface area contributed by atoms with Crippen LogP contribution in [0.5, 0.6) is 0 Å². The monoisotopic (exact) mass is 350 g/mol. The van der Waals surface area contributed by atoms with Crippen molar-refractivity contribution in [2.75, 3.05) is 6.61 Å². The highest BCUT2D eigenvalue weighted by Crippen LogP contribution is 2.71. The van der Waals surface area contributed by atoms with Gasteiger partial charge in [0.15, 0.2) is 5.78 Å². The summed E-state index contributed by atoms with van der Waals surface area (Å²) < 4.78 is 0. The lowest BCUT2D eigenvalue weighted by Gasteiger charge is -2.48. The minimum absolute atomic E-state index is 0.0245. The fourth-order valence-electron chi connectivity index (χ4n) is 6.43. The zero-order chi connectivity index (χ0) is 18.5. The van der Waals surface area contributed by atoms with E-state index in [4.69, 9.17) is 0 Å². The van der Waals surface area contributed by atoms with E-state index in [9.17, 15) is 25.2 Å². The first-order valence-electron chi connectivity index (χ1n) is 9.18. The van der Waals surface area contributed by atoms with Crippen molar-refractivity contribution in [3.8, 4) is 0 Å². The van der Waals surface area contributed by atoms with Crippen LogP contribution >= 0.6 is 0 Å². The molecule has 2 fully saturated rings. The molecule has 0 saturated heterocycles. The highest BCUT2D eigenvalue weighted by Gasteiger charge is 2.75. The zero-order valence-electron chi connectivity index (χ0n) is 15.2. The van der Waals surface area contributed by atoms with Crippen LogP contribution in [-0.2, 0) is 4.79 Å². The Morgan fingerprint density at radius 2 is 1.92 bits per heavy atom. The molecule has 0 heterocycles. The number of fused-ring (bicyclic) bond motifs is 3. The molecule has 138 valence electrons. The highest BCUT2D eigenvalue weighted by molar-refractivity contribution is 5.95. The topological polar surface area (TPSA) is 98.0 Å². The molecule has 5 nitrogen and oxygen atoms in total. The molecular weight excluding hydrogens is 322 g/mol. The number of Topliss-reactive ketones (excluding diaryl/α,β-unsaturated/α-hetero) is 1. The Labute approximate surface area is 148 Å². The molecule has 8 atom stereocenters. The lowest BCUT2D eigenvalue weighted by Crippen LogP contribution is -2.65. The van der Waals surface area contributed by atoms with Gasteiger partial charge < -0.3 is 20.4 Å². The van der Waals surface area contributed by atoms with Gasteiger partial charge in [0.25, 0.3) is 0 Å². The molecule has 0 aliphatic heterocycles. The number of hydrogen-bond donors (Lipinski definition) is 4. The largest absolute Gasteiger partial charge is 0.392 e. The normalized spacial score (nSPS) is 53.2. The summed E-state index contributed by atoms with van der Waals surface area (Å²) in [6, 6.07) is 0. The van der Waals surface area contributed by atoms with Crippen molar-refractivity contribution in [2.24, 2.45) is 34.5 Å². The molecule has 5 heteroatoms. The molecule has 2 bridgehead atoms. The van der Waals surface area contributed by atoms with E-state index in [1.807, 2.05) is 6.92 Å². The van der Waals surface area contributed by atoms with Gasteiger partial charge in [-0.3, -0.25) is 4.79 Å². The summed E-state index contributed by atoms with van der Waals surface area (Å²) in [6.45, 7) is 7.50. The quantitative estimate of drug-likeness (QED) is 0.415. The Morgan fingerprint density at radius 3 is 2.52 bits per heavy atom. The minimum atomic E-state index is -2.03. The van der Waals surface area contributed by atoms with Gasteiger partial charge in [0.2, 0.25) is 0 Å². The molecule has 0 aromatic rings. The maximum absolute atomic E-state index is 13.7. The van der Waals surface area contributed by atoms with E-state index in [0.29, 0.717) is 11.5 Å². The zero-order valence-corrected chi connectivity index (χ0v) is 15.2. The third-order valence-corrected chi connectivity index (χ3v) is 7.93. The number of ketones is 1. The lowest BCUT2D eigenvalue weighted by molar-refractivity contribution is -0.190. The Hall–Kier alpha value is -1.01. The van der Waals surface area contributed by atoms with Crippen molar-refractivity contribution in [3.05, 3.63) is 23.3 Å². The Balaban J connectivity index is 1.99. The molecule has 4 N–H and O–H groups in total. The van der Waals surface area contributed by atoms with Gasteiger partial charge in [0.1, 0.15) is 17.8 Å². The van der Waals surface area contributed by atoms with Gasteiger partial charge in [-0.1, -0.05) is 32.9 Å². The van der Waals surface area contributed by atoms with E-state index in [-0.39, 0.29) is 28.6 Å². The maximum atomic E-state index is 13.7. The number of aliphatic hydroxyl groups excluding tert-OH is 3. The molecule has 4 aliphatic rings. The van der Waals surface area contributed by atoms with E-state index < -0.39 is 35.7 Å². The van der Waals surface area contributed by atoms with Crippen LogP contribution in [0, 0.1) is 34.5 Å². The van der Waals surface area contributed by atoms with Crippen LogP contribution in [0.4, 0.5) is 0 Å². The Morgan fingerprint density at radius 1 is 1.28 bits per heavy atom. The summed E-state index contributed by atoms with van der Waals surface area (Å²) in [5.41, 5.74) is -2.58. The molecule has 2 saturated carbocycles. The van der Waals surface area contributed by atoms with E-state index in [1.54, 1.807) is 19.1 Å². The van der Waals surface area contributed by atoms with Gasteiger partial charge in [-0.2, -0.15) is 0 Å². The van der Waals surface area contributed by atoms with Crippen LogP contribution in [0.1, 0.15) is 34.1 Å². The summed E-state index contributed by atoms with van der Waals surface area (Å²) in [5.74, 6) is -0.288. The lowest BCUT2D eigenvalue weighted by atomic mass is 9.59. The molecular formula is C20H28O5. The van der Waals surface area contributed by atoms with Gasteiger partial charge in [0.05, 0.1) is 12.0 Å². The summed E-state index contributed by atoms with van der Waals surface area (Å²) in [7, 11) is 0. The third-order valence-electron chi connectivity index (χ3n) is 7.93. The number of hydrogen-bond acceptors (Lipinski definition) is 5. The molecule has 0 aromatic carbocycles.